The van der Waals surface area contributed by atoms with Crippen LogP contribution in [0.4, 0.5) is 5.69 Å². The summed E-state index contributed by atoms with van der Waals surface area (Å²) in [6.07, 6.45) is 0. The van der Waals surface area contributed by atoms with E-state index in [1.165, 1.54) is 18.2 Å². The van der Waals surface area contributed by atoms with Gasteiger partial charge in [-0.05, 0) is 30.3 Å². The molecule has 106 valence electrons. The zero-order chi connectivity index (χ0) is 14.8. The number of nitrogens with one attached hydrogen (secondary N) is 1. The highest BCUT2D eigenvalue weighted by atomic mass is 35.7. The standard InChI is InChI=1S/C12H10ClNO4S2/c13-19(15,16)11-7-4-8-12(9-11)20(17,18)14-10-5-2-1-3-6-10/h1-9,14H. The molecule has 0 atom stereocenters. The van der Waals surface area contributed by atoms with Crippen LogP contribution in [0, 0.1) is 0 Å². The summed E-state index contributed by atoms with van der Waals surface area (Å²) in [4.78, 5) is -0.446. The summed E-state index contributed by atoms with van der Waals surface area (Å²) in [5.41, 5.74) is 0.381. The molecule has 1 N–H and O–H groups in total. The van der Waals surface area contributed by atoms with Gasteiger partial charge in [-0.25, -0.2) is 16.8 Å². The second-order valence-corrected chi connectivity index (χ2v) is 8.13. The van der Waals surface area contributed by atoms with E-state index in [0.29, 0.717) is 5.69 Å². The van der Waals surface area contributed by atoms with Crippen LogP contribution >= 0.6 is 10.7 Å². The van der Waals surface area contributed by atoms with Gasteiger partial charge in [-0.1, -0.05) is 24.3 Å². The molecular weight excluding hydrogens is 322 g/mol. The lowest BCUT2D eigenvalue weighted by molar-refractivity contribution is 0.600. The van der Waals surface area contributed by atoms with Gasteiger partial charge in [-0.2, -0.15) is 0 Å². The van der Waals surface area contributed by atoms with E-state index in [1.807, 2.05) is 0 Å². The minimum atomic E-state index is -3.98. The first kappa shape index (κ1) is 14.8. The zero-order valence-electron chi connectivity index (χ0n) is 10.0. The van der Waals surface area contributed by atoms with E-state index in [-0.39, 0.29) is 9.79 Å². The average Bonchev–Trinajstić information content (AvgIpc) is 2.38. The van der Waals surface area contributed by atoms with E-state index in [0.717, 1.165) is 6.07 Å². The Morgan fingerprint density at radius 3 is 2.00 bits per heavy atom. The van der Waals surface area contributed by atoms with Crippen molar-refractivity contribution in [3.05, 3.63) is 54.6 Å². The van der Waals surface area contributed by atoms with Crippen LogP contribution < -0.4 is 4.72 Å². The monoisotopic (exact) mass is 331 g/mol. The average molecular weight is 332 g/mol. The molecule has 0 aromatic heterocycles. The fourth-order valence-electron chi connectivity index (χ4n) is 1.51. The van der Waals surface area contributed by atoms with Gasteiger partial charge in [0.2, 0.25) is 0 Å². The number of halogens is 1. The first-order valence-corrected chi connectivity index (χ1v) is 9.21. The van der Waals surface area contributed by atoms with Crippen molar-refractivity contribution in [2.45, 2.75) is 9.79 Å². The van der Waals surface area contributed by atoms with Crippen molar-refractivity contribution in [3.63, 3.8) is 0 Å². The molecule has 0 heterocycles. The van der Waals surface area contributed by atoms with Gasteiger partial charge in [0.15, 0.2) is 0 Å². The molecule has 5 nitrogen and oxygen atoms in total. The van der Waals surface area contributed by atoms with Crippen molar-refractivity contribution in [3.8, 4) is 0 Å². The molecule has 0 aliphatic rings. The van der Waals surface area contributed by atoms with Crippen LogP contribution in [-0.2, 0) is 19.1 Å². The largest absolute Gasteiger partial charge is 0.280 e. The van der Waals surface area contributed by atoms with Crippen molar-refractivity contribution < 1.29 is 16.8 Å². The molecule has 2 aromatic rings. The minimum Gasteiger partial charge on any atom is -0.280 e. The summed E-state index contributed by atoms with van der Waals surface area (Å²) >= 11 is 0. The Bertz CT molecular complexity index is 818. The molecule has 0 unspecified atom stereocenters. The van der Waals surface area contributed by atoms with E-state index < -0.39 is 19.1 Å². The topological polar surface area (TPSA) is 80.3 Å². The summed E-state index contributed by atoms with van der Waals surface area (Å²) in [6, 6.07) is 13.1. The van der Waals surface area contributed by atoms with Crippen molar-refractivity contribution in [1.29, 1.82) is 0 Å². The molecule has 0 aliphatic heterocycles. The first-order chi connectivity index (χ1) is 9.29. The normalized spacial score (nSPS) is 12.1. The van der Waals surface area contributed by atoms with Gasteiger partial charge in [0.05, 0.1) is 9.79 Å². The van der Waals surface area contributed by atoms with E-state index in [9.17, 15) is 16.8 Å². The predicted molar refractivity (Wildman–Crippen MR) is 76.7 cm³/mol. The van der Waals surface area contributed by atoms with Gasteiger partial charge < -0.3 is 0 Å². The summed E-state index contributed by atoms with van der Waals surface area (Å²) in [6.45, 7) is 0. The fraction of sp³-hybridized carbons (Fsp3) is 0. The van der Waals surface area contributed by atoms with Crippen LogP contribution in [-0.4, -0.2) is 16.8 Å². The van der Waals surface area contributed by atoms with Crippen LogP contribution in [0.3, 0.4) is 0 Å². The third-order valence-corrected chi connectivity index (χ3v) is 5.15. The lowest BCUT2D eigenvalue weighted by Crippen LogP contribution is -2.13. The summed E-state index contributed by atoms with van der Waals surface area (Å²) in [7, 11) is -2.65. The Morgan fingerprint density at radius 1 is 0.800 bits per heavy atom. The summed E-state index contributed by atoms with van der Waals surface area (Å²) < 4.78 is 49.1. The number of hydrogen-bond acceptors (Lipinski definition) is 4. The maximum absolute atomic E-state index is 12.1. The number of para-hydroxylation sites is 1. The molecule has 0 saturated heterocycles. The second-order valence-electron chi connectivity index (χ2n) is 3.88. The van der Waals surface area contributed by atoms with Gasteiger partial charge in [0, 0.05) is 16.4 Å². The Kier molecular flexibility index (Phi) is 4.03. The third-order valence-electron chi connectivity index (χ3n) is 2.42. The minimum absolute atomic E-state index is 0.178. The maximum Gasteiger partial charge on any atom is 0.261 e. The van der Waals surface area contributed by atoms with Gasteiger partial charge in [0.25, 0.3) is 19.1 Å². The molecule has 0 amide bonds. The van der Waals surface area contributed by atoms with E-state index in [1.54, 1.807) is 30.3 Å². The SMILES string of the molecule is O=S(=O)(Cl)c1cccc(S(=O)(=O)Nc2ccccc2)c1. The third kappa shape index (κ3) is 3.50. The molecule has 0 aliphatic carbocycles. The second kappa shape index (κ2) is 5.43. The molecule has 8 heteroatoms. The number of anilines is 1. The lowest BCUT2D eigenvalue weighted by Gasteiger charge is -2.08. The van der Waals surface area contributed by atoms with Crippen LogP contribution in [0.5, 0.6) is 0 Å². The Labute approximate surface area is 121 Å². The Hall–Kier alpha value is -1.57. The highest BCUT2D eigenvalue weighted by Gasteiger charge is 2.18. The van der Waals surface area contributed by atoms with Crippen LogP contribution in [0.15, 0.2) is 64.4 Å². The highest BCUT2D eigenvalue weighted by molar-refractivity contribution is 8.13. The molecule has 2 rings (SSSR count). The fourth-order valence-corrected chi connectivity index (χ4v) is 3.49. The molecular formula is C12H10ClNO4S2. The number of benzene rings is 2. The van der Waals surface area contributed by atoms with Gasteiger partial charge in [-0.15, -0.1) is 0 Å². The number of hydrogen-bond donors (Lipinski definition) is 1. The van der Waals surface area contributed by atoms with E-state index in [2.05, 4.69) is 4.72 Å². The van der Waals surface area contributed by atoms with Crippen molar-refractivity contribution in [1.82, 2.24) is 0 Å². The van der Waals surface area contributed by atoms with Crippen LogP contribution in [0.25, 0.3) is 0 Å². The van der Waals surface area contributed by atoms with Gasteiger partial charge in [-0.3, -0.25) is 4.72 Å². The molecule has 20 heavy (non-hydrogen) atoms. The summed E-state index contributed by atoms with van der Waals surface area (Å²) in [5, 5.41) is 0. The number of sulfonamides is 1. The molecule has 0 fully saturated rings. The molecule has 0 saturated carbocycles. The Morgan fingerprint density at radius 2 is 1.40 bits per heavy atom. The molecule has 0 radical (unpaired) electrons. The van der Waals surface area contributed by atoms with Crippen LogP contribution in [0.2, 0.25) is 0 Å². The predicted octanol–water partition coefficient (Wildman–Crippen LogP) is 2.41. The number of rotatable bonds is 4. The first-order valence-electron chi connectivity index (χ1n) is 5.42. The van der Waals surface area contributed by atoms with E-state index >= 15 is 0 Å². The van der Waals surface area contributed by atoms with Crippen LogP contribution in [0.1, 0.15) is 0 Å². The summed E-state index contributed by atoms with van der Waals surface area (Å²) in [5.74, 6) is 0. The van der Waals surface area contributed by atoms with Gasteiger partial charge in [0.1, 0.15) is 0 Å². The highest BCUT2D eigenvalue weighted by Crippen LogP contribution is 2.21. The smallest absolute Gasteiger partial charge is 0.261 e. The molecule has 0 bridgehead atoms. The van der Waals surface area contributed by atoms with Gasteiger partial charge >= 0.3 is 0 Å². The van der Waals surface area contributed by atoms with Crippen molar-refractivity contribution in [2.24, 2.45) is 0 Å². The quantitative estimate of drug-likeness (QED) is 0.872. The van der Waals surface area contributed by atoms with Crippen molar-refractivity contribution >= 4 is 35.4 Å². The zero-order valence-corrected chi connectivity index (χ0v) is 12.4. The molecule has 0 spiro atoms. The van der Waals surface area contributed by atoms with Crippen molar-refractivity contribution in [2.75, 3.05) is 4.72 Å². The lowest BCUT2D eigenvalue weighted by atomic mass is 10.3. The van der Waals surface area contributed by atoms with E-state index in [4.69, 9.17) is 10.7 Å². The Balaban J connectivity index is 2.40. The molecule has 2 aromatic carbocycles. The maximum atomic E-state index is 12.1.